The van der Waals surface area contributed by atoms with Crippen LogP contribution in [0.1, 0.15) is 67.9 Å². The second-order valence-electron chi connectivity index (χ2n) is 13.1. The Morgan fingerprint density at radius 3 is 2.10 bits per heavy atom. The third kappa shape index (κ3) is 10.5. The van der Waals surface area contributed by atoms with E-state index in [4.69, 9.17) is 9.16 Å². The van der Waals surface area contributed by atoms with Crippen molar-refractivity contribution in [1.29, 1.82) is 0 Å². The zero-order chi connectivity index (χ0) is 30.5. The maximum absolute atomic E-state index is 14.4. The van der Waals surface area contributed by atoms with Gasteiger partial charge in [-0.15, -0.1) is 0 Å². The van der Waals surface area contributed by atoms with Crippen LogP contribution in [-0.4, -0.2) is 72.9 Å². The summed E-state index contributed by atoms with van der Waals surface area (Å²) in [6.07, 6.45) is -1.16. The van der Waals surface area contributed by atoms with E-state index >= 15 is 0 Å². The molecule has 0 N–H and O–H groups in total. The van der Waals surface area contributed by atoms with E-state index in [2.05, 4.69) is 33.9 Å². The molecule has 1 aromatic carbocycles. The molecular weight excluding hydrogens is 521 g/mol. The Hall–Kier alpha value is -2.53. The zero-order valence-corrected chi connectivity index (χ0v) is 26.8. The minimum Gasteiger partial charge on any atom is -0.444 e. The topological polar surface area (TPSA) is 102 Å². The second-order valence-corrected chi connectivity index (χ2v) is 17.9. The third-order valence-corrected chi connectivity index (χ3v) is 11.6. The first-order chi connectivity index (χ1) is 17.6. The van der Waals surface area contributed by atoms with Gasteiger partial charge < -0.3 is 19.0 Å². The van der Waals surface area contributed by atoms with Gasteiger partial charge in [0.05, 0.1) is 17.4 Å². The quantitative estimate of drug-likeness (QED) is 0.173. The molecule has 0 saturated heterocycles. The zero-order valence-electron chi connectivity index (χ0n) is 25.8. The summed E-state index contributed by atoms with van der Waals surface area (Å²) in [5.41, 5.74) is -0.932. The van der Waals surface area contributed by atoms with E-state index in [1.54, 1.807) is 32.7 Å². The van der Waals surface area contributed by atoms with Crippen LogP contribution in [0, 0.1) is 21.8 Å². The molecular formula is C28H48FN3O6Si. The lowest BCUT2D eigenvalue weighted by Gasteiger charge is -2.43. The maximum Gasteiger partial charge on any atom is 0.410 e. The highest BCUT2D eigenvalue weighted by molar-refractivity contribution is 6.74. The number of ether oxygens (including phenoxy) is 1. The highest BCUT2D eigenvalue weighted by atomic mass is 28.4. The summed E-state index contributed by atoms with van der Waals surface area (Å²) < 4.78 is 26.7. The predicted octanol–water partition coefficient (Wildman–Crippen LogP) is 6.41. The van der Waals surface area contributed by atoms with Gasteiger partial charge in [-0.25, -0.2) is 9.18 Å². The molecule has 11 heteroatoms. The van der Waals surface area contributed by atoms with E-state index in [9.17, 15) is 24.1 Å². The Morgan fingerprint density at radius 2 is 1.64 bits per heavy atom. The lowest BCUT2D eigenvalue weighted by atomic mass is 10.0. The van der Waals surface area contributed by atoms with Crippen molar-refractivity contribution in [2.75, 3.05) is 20.1 Å². The van der Waals surface area contributed by atoms with Crippen LogP contribution in [0.15, 0.2) is 18.2 Å². The van der Waals surface area contributed by atoms with Crippen molar-refractivity contribution in [2.24, 2.45) is 5.92 Å². The van der Waals surface area contributed by atoms with Gasteiger partial charge in [-0.1, -0.05) is 27.7 Å². The molecule has 1 rings (SSSR count). The molecule has 0 unspecified atom stereocenters. The molecule has 0 radical (unpaired) electrons. The molecule has 0 aliphatic rings. The predicted molar refractivity (Wildman–Crippen MR) is 154 cm³/mol. The standard InChI is InChI=1S/C28H48FN3O6Si/c1-19(2)31(25(33)16-21-15-22(32(35)36)13-14-23(21)29)17-20(3)24(38-39(11,12)28(7,8)9)18-30(10)26(34)37-27(4,5)6/h13-15,19-20,24H,16-18H2,1-12H3/t20-,24+/m1/s1. The number of hydrogen-bond acceptors (Lipinski definition) is 6. The van der Waals surface area contributed by atoms with Gasteiger partial charge in [-0.2, -0.15) is 0 Å². The van der Waals surface area contributed by atoms with Crippen LogP contribution in [0.2, 0.25) is 18.1 Å². The minimum atomic E-state index is -2.27. The Labute approximate surface area is 234 Å². The van der Waals surface area contributed by atoms with Gasteiger partial charge in [0.25, 0.3) is 5.69 Å². The van der Waals surface area contributed by atoms with Gasteiger partial charge in [0.15, 0.2) is 8.32 Å². The number of nitro benzene ring substituents is 1. The summed E-state index contributed by atoms with van der Waals surface area (Å²) in [6.45, 7) is 22.4. The van der Waals surface area contributed by atoms with Crippen LogP contribution in [0.3, 0.4) is 0 Å². The molecule has 0 aromatic heterocycles. The lowest BCUT2D eigenvalue weighted by Crippen LogP contribution is -2.52. The van der Waals surface area contributed by atoms with Crippen molar-refractivity contribution in [3.63, 3.8) is 0 Å². The highest BCUT2D eigenvalue weighted by Gasteiger charge is 2.41. The van der Waals surface area contributed by atoms with E-state index in [0.29, 0.717) is 6.54 Å². The van der Waals surface area contributed by atoms with Crippen molar-refractivity contribution in [3.05, 3.63) is 39.7 Å². The smallest absolute Gasteiger partial charge is 0.410 e. The average Bonchev–Trinajstić information content (AvgIpc) is 2.75. The molecule has 222 valence electrons. The van der Waals surface area contributed by atoms with Gasteiger partial charge in [-0.3, -0.25) is 14.9 Å². The number of non-ortho nitro benzene ring substituents is 1. The Kier molecular flexibility index (Phi) is 11.7. The molecule has 0 aliphatic heterocycles. The fraction of sp³-hybridized carbons (Fsp3) is 0.714. The number of benzene rings is 1. The minimum absolute atomic E-state index is 0.0220. The molecule has 0 saturated carbocycles. The molecule has 0 bridgehead atoms. The molecule has 0 aliphatic carbocycles. The number of likely N-dealkylation sites (N-methyl/N-ethyl adjacent to an activating group) is 1. The van der Waals surface area contributed by atoms with Gasteiger partial charge in [-0.05, 0) is 58.8 Å². The fourth-order valence-corrected chi connectivity index (χ4v) is 5.09. The summed E-state index contributed by atoms with van der Waals surface area (Å²) in [5.74, 6) is -1.20. The van der Waals surface area contributed by atoms with Crippen LogP contribution < -0.4 is 0 Å². The van der Waals surface area contributed by atoms with Crippen LogP contribution in [0.4, 0.5) is 14.9 Å². The molecule has 2 atom stereocenters. The molecule has 0 heterocycles. The molecule has 39 heavy (non-hydrogen) atoms. The highest BCUT2D eigenvalue weighted by Crippen LogP contribution is 2.38. The fourth-order valence-electron chi connectivity index (χ4n) is 3.68. The van der Waals surface area contributed by atoms with E-state index in [1.165, 1.54) is 4.90 Å². The largest absolute Gasteiger partial charge is 0.444 e. The number of halogens is 1. The average molecular weight is 570 g/mol. The number of hydrogen-bond donors (Lipinski definition) is 0. The van der Waals surface area contributed by atoms with E-state index < -0.39 is 36.9 Å². The first-order valence-corrected chi connectivity index (χ1v) is 16.3. The van der Waals surface area contributed by atoms with Crippen LogP contribution >= 0.6 is 0 Å². The van der Waals surface area contributed by atoms with Crippen LogP contribution in [-0.2, 0) is 20.4 Å². The molecule has 1 aromatic rings. The summed E-state index contributed by atoms with van der Waals surface area (Å²) in [4.78, 5) is 39.8. The normalized spacial score (nSPS) is 14.1. The number of carbonyl (C=O) groups excluding carboxylic acids is 2. The SMILES string of the molecule is CC(C)N(C[C@@H](C)[C@H](CN(C)C(=O)OC(C)(C)C)O[Si](C)(C)C(C)(C)C)C(=O)Cc1cc([N+](=O)[O-])ccc1F. The van der Waals surface area contributed by atoms with Crippen LogP contribution in [0.25, 0.3) is 0 Å². The first-order valence-electron chi connectivity index (χ1n) is 13.4. The lowest BCUT2D eigenvalue weighted by molar-refractivity contribution is -0.385. The summed E-state index contributed by atoms with van der Waals surface area (Å²) >= 11 is 0. The Balaban J connectivity index is 3.23. The van der Waals surface area contributed by atoms with E-state index in [1.807, 2.05) is 20.8 Å². The van der Waals surface area contributed by atoms with Gasteiger partial charge in [0.1, 0.15) is 11.4 Å². The summed E-state index contributed by atoms with van der Waals surface area (Å²) in [6, 6.07) is 2.99. The maximum atomic E-state index is 14.4. The summed E-state index contributed by atoms with van der Waals surface area (Å²) in [5, 5.41) is 11.1. The second kappa shape index (κ2) is 13.2. The Bertz CT molecular complexity index is 1020. The van der Waals surface area contributed by atoms with Crippen molar-refractivity contribution in [1.82, 2.24) is 9.80 Å². The number of nitro groups is 1. The number of carbonyl (C=O) groups is 2. The first kappa shape index (κ1) is 34.5. The Morgan fingerprint density at radius 1 is 1.08 bits per heavy atom. The van der Waals surface area contributed by atoms with Gasteiger partial charge in [0, 0.05) is 49.8 Å². The third-order valence-electron chi connectivity index (χ3n) is 7.06. The number of nitrogens with zero attached hydrogens (tertiary/aromatic N) is 3. The number of amides is 2. The van der Waals surface area contributed by atoms with Crippen molar-refractivity contribution in [2.45, 2.75) is 105 Å². The van der Waals surface area contributed by atoms with Crippen LogP contribution in [0.5, 0.6) is 0 Å². The van der Waals surface area contributed by atoms with Crippen molar-refractivity contribution < 1.29 is 28.1 Å². The molecule has 2 amide bonds. The molecule has 0 fully saturated rings. The van der Waals surface area contributed by atoms with E-state index in [-0.39, 0.29) is 47.1 Å². The monoisotopic (exact) mass is 569 g/mol. The molecule has 0 spiro atoms. The van der Waals surface area contributed by atoms with Gasteiger partial charge >= 0.3 is 6.09 Å². The van der Waals surface area contributed by atoms with E-state index in [0.717, 1.165) is 18.2 Å². The van der Waals surface area contributed by atoms with Crippen molar-refractivity contribution in [3.8, 4) is 0 Å². The summed E-state index contributed by atoms with van der Waals surface area (Å²) in [7, 11) is -0.600. The van der Waals surface area contributed by atoms with Crippen molar-refractivity contribution >= 4 is 26.0 Å². The van der Waals surface area contributed by atoms with Gasteiger partial charge in [0.2, 0.25) is 5.91 Å². The number of rotatable bonds is 11. The molecule has 9 nitrogen and oxygen atoms in total.